The molecule has 0 unspecified atom stereocenters. The molecule has 1 aliphatic rings. The Balaban J connectivity index is 2.03. The quantitative estimate of drug-likeness (QED) is 0.713. The molecule has 27 heavy (non-hydrogen) atoms. The van der Waals surface area contributed by atoms with Gasteiger partial charge >= 0.3 is 6.09 Å². The van der Waals surface area contributed by atoms with Gasteiger partial charge in [0.15, 0.2) is 5.11 Å². The van der Waals surface area contributed by atoms with Crippen molar-refractivity contribution in [1.29, 1.82) is 0 Å². The molecule has 0 radical (unpaired) electrons. The van der Waals surface area contributed by atoms with Gasteiger partial charge in [-0.2, -0.15) is 0 Å². The molecule has 0 atom stereocenters. The normalized spacial score (nSPS) is 14.7. The van der Waals surface area contributed by atoms with E-state index >= 15 is 0 Å². The summed E-state index contributed by atoms with van der Waals surface area (Å²) in [4.78, 5) is 15.8. The van der Waals surface area contributed by atoms with Crippen molar-refractivity contribution < 1.29 is 14.3 Å². The van der Waals surface area contributed by atoms with Crippen molar-refractivity contribution in [3.63, 3.8) is 0 Å². The second kappa shape index (κ2) is 10.7. The first-order valence-electron chi connectivity index (χ1n) is 9.21. The molecule has 6 nitrogen and oxygen atoms in total. The van der Waals surface area contributed by atoms with Gasteiger partial charge in [-0.15, -0.1) is 0 Å². The second-order valence-corrected chi connectivity index (χ2v) is 7.24. The summed E-state index contributed by atoms with van der Waals surface area (Å²) in [6, 6.07) is 5.97. The van der Waals surface area contributed by atoms with Gasteiger partial charge in [0.25, 0.3) is 0 Å². The van der Waals surface area contributed by atoms with Crippen molar-refractivity contribution >= 4 is 40.7 Å². The maximum atomic E-state index is 11.9. The van der Waals surface area contributed by atoms with Gasteiger partial charge in [-0.1, -0.05) is 17.7 Å². The number of hydrogen-bond acceptors (Lipinski definition) is 4. The van der Waals surface area contributed by atoms with Crippen LogP contribution >= 0.6 is 23.8 Å². The number of carbonyl (C=O) groups is 1. The summed E-state index contributed by atoms with van der Waals surface area (Å²) in [6.45, 7) is 6.76. The Morgan fingerprint density at radius 2 is 2.11 bits per heavy atom. The fourth-order valence-corrected chi connectivity index (χ4v) is 3.67. The monoisotopic (exact) mass is 413 g/mol. The number of benzene rings is 1. The lowest BCUT2D eigenvalue weighted by Gasteiger charge is -2.39. The van der Waals surface area contributed by atoms with Crippen LogP contribution in [0, 0.1) is 6.92 Å². The molecule has 1 saturated heterocycles. The fraction of sp³-hybridized carbons (Fsp3) is 0.579. The lowest BCUT2D eigenvalue weighted by atomic mass is 10.0. The van der Waals surface area contributed by atoms with Crippen LogP contribution in [-0.4, -0.2) is 67.0 Å². The van der Waals surface area contributed by atoms with Crippen molar-refractivity contribution in [1.82, 2.24) is 9.80 Å². The van der Waals surface area contributed by atoms with Crippen LogP contribution in [0.25, 0.3) is 0 Å². The first-order valence-corrected chi connectivity index (χ1v) is 9.99. The Morgan fingerprint density at radius 1 is 1.41 bits per heavy atom. The average molecular weight is 414 g/mol. The molecule has 150 valence electrons. The highest BCUT2D eigenvalue weighted by Crippen LogP contribution is 2.24. The van der Waals surface area contributed by atoms with Crippen molar-refractivity contribution in [3.8, 4) is 0 Å². The standard InChI is InChI=1S/C19H28ClN3O3S/c1-4-26-19(24)22-10-8-15(9-11-22)23(12-13-25-3)18(27)21-17-7-5-6-16(20)14(17)2/h5-7,15H,4,8-13H2,1-3H3,(H,21,27). The molecule has 1 aromatic carbocycles. The predicted octanol–water partition coefficient (Wildman–Crippen LogP) is 3.91. The zero-order valence-corrected chi connectivity index (χ0v) is 17.7. The molecule has 1 aliphatic heterocycles. The molecule has 0 aromatic heterocycles. The minimum absolute atomic E-state index is 0.241. The van der Waals surface area contributed by atoms with Crippen molar-refractivity contribution in [2.75, 3.05) is 45.3 Å². The average Bonchev–Trinajstić information content (AvgIpc) is 2.66. The number of halogens is 1. The van der Waals surface area contributed by atoms with Crippen LogP contribution in [0.2, 0.25) is 5.02 Å². The van der Waals surface area contributed by atoms with Gasteiger partial charge < -0.3 is 24.6 Å². The van der Waals surface area contributed by atoms with Crippen LogP contribution in [-0.2, 0) is 9.47 Å². The number of nitrogens with one attached hydrogen (secondary N) is 1. The lowest BCUT2D eigenvalue weighted by molar-refractivity contribution is 0.0829. The van der Waals surface area contributed by atoms with E-state index in [1.807, 2.05) is 32.0 Å². The Morgan fingerprint density at radius 3 is 2.74 bits per heavy atom. The zero-order valence-electron chi connectivity index (χ0n) is 16.2. The summed E-state index contributed by atoms with van der Waals surface area (Å²) in [7, 11) is 1.68. The van der Waals surface area contributed by atoms with Crippen LogP contribution in [0.3, 0.4) is 0 Å². The SMILES string of the molecule is CCOC(=O)N1CCC(N(CCOC)C(=S)Nc2cccc(Cl)c2C)CC1. The van der Waals surface area contributed by atoms with E-state index in [0.29, 0.717) is 43.0 Å². The molecule has 1 N–H and O–H groups in total. The van der Waals surface area contributed by atoms with Gasteiger partial charge in [-0.25, -0.2) is 4.79 Å². The molecule has 0 aliphatic carbocycles. The number of piperidine rings is 1. The van der Waals surface area contributed by atoms with Crippen molar-refractivity contribution in [2.24, 2.45) is 0 Å². The minimum atomic E-state index is -0.241. The van der Waals surface area contributed by atoms with E-state index in [9.17, 15) is 4.79 Å². The number of thiocarbonyl (C=S) groups is 1. The number of hydrogen-bond donors (Lipinski definition) is 1. The number of nitrogens with zero attached hydrogens (tertiary/aromatic N) is 2. The van der Waals surface area contributed by atoms with E-state index in [0.717, 1.165) is 24.1 Å². The minimum Gasteiger partial charge on any atom is -0.450 e. The highest BCUT2D eigenvalue weighted by molar-refractivity contribution is 7.80. The molecule has 1 heterocycles. The molecule has 2 rings (SSSR count). The summed E-state index contributed by atoms with van der Waals surface area (Å²) in [6.07, 6.45) is 1.42. The highest BCUT2D eigenvalue weighted by Gasteiger charge is 2.29. The molecule has 1 amide bonds. The third kappa shape index (κ3) is 5.96. The first kappa shape index (κ1) is 21.7. The van der Waals surface area contributed by atoms with Gasteiger partial charge in [0.1, 0.15) is 0 Å². The van der Waals surface area contributed by atoms with Gasteiger partial charge in [0.05, 0.1) is 13.2 Å². The number of carbonyl (C=O) groups excluding carboxylic acids is 1. The molecular formula is C19H28ClN3O3S. The molecule has 0 bridgehead atoms. The van der Waals surface area contributed by atoms with E-state index in [1.165, 1.54) is 0 Å². The smallest absolute Gasteiger partial charge is 0.409 e. The third-order valence-corrected chi connectivity index (χ3v) is 5.48. The van der Waals surface area contributed by atoms with E-state index in [4.69, 9.17) is 33.3 Å². The van der Waals surface area contributed by atoms with E-state index < -0.39 is 0 Å². The maximum Gasteiger partial charge on any atom is 0.409 e. The fourth-order valence-electron chi connectivity index (χ4n) is 3.14. The number of ether oxygens (including phenoxy) is 2. The van der Waals surface area contributed by atoms with Gasteiger partial charge in [-0.3, -0.25) is 0 Å². The molecular weight excluding hydrogens is 386 g/mol. The number of methoxy groups -OCH3 is 1. The number of likely N-dealkylation sites (tertiary alicyclic amines) is 1. The first-order chi connectivity index (χ1) is 13.0. The summed E-state index contributed by atoms with van der Waals surface area (Å²) >= 11 is 11.9. The summed E-state index contributed by atoms with van der Waals surface area (Å²) in [5.74, 6) is 0. The Labute approximate surface area is 171 Å². The number of anilines is 1. The van der Waals surface area contributed by atoms with Crippen LogP contribution in [0.15, 0.2) is 18.2 Å². The largest absolute Gasteiger partial charge is 0.450 e. The highest BCUT2D eigenvalue weighted by atomic mass is 35.5. The number of rotatable bonds is 6. The summed E-state index contributed by atoms with van der Waals surface area (Å²) in [5, 5.41) is 4.67. The summed E-state index contributed by atoms with van der Waals surface area (Å²) in [5.41, 5.74) is 1.87. The van der Waals surface area contributed by atoms with Crippen LogP contribution in [0.4, 0.5) is 10.5 Å². The molecule has 0 saturated carbocycles. The van der Waals surface area contributed by atoms with Crippen molar-refractivity contribution in [3.05, 3.63) is 28.8 Å². The van der Waals surface area contributed by atoms with E-state index in [2.05, 4.69) is 10.2 Å². The Kier molecular flexibility index (Phi) is 8.60. The van der Waals surface area contributed by atoms with Crippen LogP contribution < -0.4 is 5.32 Å². The molecule has 1 fully saturated rings. The van der Waals surface area contributed by atoms with E-state index in [-0.39, 0.29) is 12.1 Å². The van der Waals surface area contributed by atoms with Crippen LogP contribution in [0.5, 0.6) is 0 Å². The maximum absolute atomic E-state index is 11.9. The molecule has 0 spiro atoms. The lowest BCUT2D eigenvalue weighted by Crippen LogP contribution is -2.51. The Bertz CT molecular complexity index is 651. The van der Waals surface area contributed by atoms with E-state index in [1.54, 1.807) is 12.0 Å². The van der Waals surface area contributed by atoms with Gasteiger partial charge in [0.2, 0.25) is 0 Å². The van der Waals surface area contributed by atoms with Crippen molar-refractivity contribution in [2.45, 2.75) is 32.7 Å². The predicted molar refractivity (Wildman–Crippen MR) is 113 cm³/mol. The zero-order chi connectivity index (χ0) is 19.8. The Hall–Kier alpha value is -1.57. The summed E-state index contributed by atoms with van der Waals surface area (Å²) < 4.78 is 10.4. The topological polar surface area (TPSA) is 54.0 Å². The van der Waals surface area contributed by atoms with Crippen LogP contribution in [0.1, 0.15) is 25.3 Å². The number of amides is 1. The van der Waals surface area contributed by atoms with Gasteiger partial charge in [0, 0.05) is 43.5 Å². The second-order valence-electron chi connectivity index (χ2n) is 6.45. The molecule has 8 heteroatoms. The third-order valence-electron chi connectivity index (χ3n) is 4.74. The van der Waals surface area contributed by atoms with Gasteiger partial charge in [-0.05, 0) is 56.6 Å². The molecule has 1 aromatic rings.